The van der Waals surface area contributed by atoms with E-state index < -0.39 is 0 Å². The van der Waals surface area contributed by atoms with Crippen LogP contribution >= 0.6 is 0 Å². The fraction of sp³-hybridized carbons (Fsp3) is 0.200. The Morgan fingerprint density at radius 2 is 1.80 bits per heavy atom. The average molecular weight is 335 g/mol. The van der Waals surface area contributed by atoms with Gasteiger partial charge in [0.05, 0.1) is 6.21 Å². The van der Waals surface area contributed by atoms with Gasteiger partial charge in [0.1, 0.15) is 5.76 Å². The topological polar surface area (TPSA) is 59.5 Å². The summed E-state index contributed by atoms with van der Waals surface area (Å²) < 4.78 is 7.44. The van der Waals surface area contributed by atoms with Crippen molar-refractivity contribution < 1.29 is 9.21 Å². The number of furan rings is 1. The lowest BCUT2D eigenvalue weighted by molar-refractivity contribution is 0.0926. The predicted octanol–water partition coefficient (Wildman–Crippen LogP) is 4.07. The third-order valence-electron chi connectivity index (χ3n) is 4.10. The lowest BCUT2D eigenvalue weighted by Gasteiger charge is -2.09. The zero-order valence-electron chi connectivity index (χ0n) is 14.8. The molecule has 0 bridgehead atoms. The molecule has 5 heteroatoms. The molecule has 128 valence electrons. The van der Waals surface area contributed by atoms with Gasteiger partial charge < -0.3 is 8.98 Å². The molecule has 1 amide bonds. The van der Waals surface area contributed by atoms with E-state index in [9.17, 15) is 4.79 Å². The quantitative estimate of drug-likeness (QED) is 0.577. The van der Waals surface area contributed by atoms with Crippen LogP contribution in [0.2, 0.25) is 0 Å². The molecule has 0 spiro atoms. The normalized spacial score (nSPS) is 11.2. The van der Waals surface area contributed by atoms with Gasteiger partial charge in [0.2, 0.25) is 0 Å². The maximum absolute atomic E-state index is 11.9. The minimum atomic E-state index is -0.364. The molecule has 25 heavy (non-hydrogen) atoms. The Morgan fingerprint density at radius 3 is 2.44 bits per heavy atom. The van der Waals surface area contributed by atoms with Crippen molar-refractivity contribution in [2.45, 2.75) is 27.7 Å². The van der Waals surface area contributed by atoms with Crippen LogP contribution in [0.15, 0.2) is 52.0 Å². The Kier molecular flexibility index (Phi) is 4.57. The number of benzene rings is 1. The van der Waals surface area contributed by atoms with Crippen LogP contribution in [-0.2, 0) is 0 Å². The number of rotatable bonds is 4. The van der Waals surface area contributed by atoms with Gasteiger partial charge in [-0.2, -0.15) is 5.10 Å². The van der Waals surface area contributed by atoms with E-state index in [1.165, 1.54) is 5.56 Å². The highest BCUT2D eigenvalue weighted by Gasteiger charge is 2.11. The summed E-state index contributed by atoms with van der Waals surface area (Å²) in [6.07, 6.45) is 1.65. The molecule has 0 aliphatic carbocycles. The molecule has 3 rings (SSSR count). The number of hydrogen-bond donors (Lipinski definition) is 1. The number of carbonyl (C=O) groups is 1. The molecule has 1 N–H and O–H groups in total. The number of nitrogens with one attached hydrogen (secondary N) is 1. The summed E-state index contributed by atoms with van der Waals surface area (Å²) >= 11 is 0. The second kappa shape index (κ2) is 6.81. The third kappa shape index (κ3) is 3.55. The lowest BCUT2D eigenvalue weighted by atomic mass is 10.2. The van der Waals surface area contributed by atoms with Crippen molar-refractivity contribution in [1.29, 1.82) is 0 Å². The highest BCUT2D eigenvalue weighted by Crippen LogP contribution is 2.20. The molecule has 0 saturated heterocycles. The van der Waals surface area contributed by atoms with Gasteiger partial charge in [0.25, 0.3) is 0 Å². The Morgan fingerprint density at radius 1 is 1.08 bits per heavy atom. The maximum atomic E-state index is 11.9. The third-order valence-corrected chi connectivity index (χ3v) is 4.10. The summed E-state index contributed by atoms with van der Waals surface area (Å²) in [5.41, 5.74) is 7.95. The zero-order valence-corrected chi connectivity index (χ0v) is 14.8. The second-order valence-electron chi connectivity index (χ2n) is 6.11. The van der Waals surface area contributed by atoms with E-state index in [0.29, 0.717) is 5.76 Å². The lowest BCUT2D eigenvalue weighted by Crippen LogP contribution is -2.16. The van der Waals surface area contributed by atoms with Crippen LogP contribution in [0, 0.1) is 27.7 Å². The highest BCUT2D eigenvalue weighted by atomic mass is 16.3. The van der Waals surface area contributed by atoms with E-state index >= 15 is 0 Å². The van der Waals surface area contributed by atoms with Crippen molar-refractivity contribution in [1.82, 2.24) is 9.99 Å². The molecule has 0 atom stereocenters. The molecule has 5 nitrogen and oxygen atoms in total. The van der Waals surface area contributed by atoms with Gasteiger partial charge >= 0.3 is 5.91 Å². The summed E-state index contributed by atoms with van der Waals surface area (Å²) in [5.74, 6) is 0.576. The number of amides is 1. The van der Waals surface area contributed by atoms with Crippen LogP contribution < -0.4 is 5.43 Å². The zero-order chi connectivity index (χ0) is 18.0. The van der Waals surface area contributed by atoms with Crippen LogP contribution in [0.25, 0.3) is 5.69 Å². The van der Waals surface area contributed by atoms with E-state index in [1.807, 2.05) is 13.0 Å². The van der Waals surface area contributed by atoms with E-state index in [1.54, 1.807) is 25.3 Å². The summed E-state index contributed by atoms with van der Waals surface area (Å²) in [5, 5.41) is 4.05. The summed E-state index contributed by atoms with van der Waals surface area (Å²) in [4.78, 5) is 11.9. The van der Waals surface area contributed by atoms with Crippen LogP contribution in [0.1, 0.15) is 38.8 Å². The van der Waals surface area contributed by atoms with Crippen molar-refractivity contribution >= 4 is 12.1 Å². The van der Waals surface area contributed by atoms with Crippen LogP contribution in [0.3, 0.4) is 0 Å². The molecule has 0 unspecified atom stereocenters. The average Bonchev–Trinajstić information content (AvgIpc) is 3.13. The predicted molar refractivity (Wildman–Crippen MR) is 98.5 cm³/mol. The number of carbonyl (C=O) groups excluding carboxylic acids is 1. The van der Waals surface area contributed by atoms with Gasteiger partial charge in [-0.25, -0.2) is 5.43 Å². The smallest absolute Gasteiger partial charge is 0.307 e. The monoisotopic (exact) mass is 335 g/mol. The largest absolute Gasteiger partial charge is 0.456 e. The van der Waals surface area contributed by atoms with Crippen molar-refractivity contribution in [2.24, 2.45) is 5.10 Å². The molecule has 0 radical (unpaired) electrons. The van der Waals surface area contributed by atoms with Gasteiger partial charge in [0.15, 0.2) is 5.76 Å². The number of hydrogen-bond acceptors (Lipinski definition) is 3. The second-order valence-corrected chi connectivity index (χ2v) is 6.11. The van der Waals surface area contributed by atoms with E-state index in [0.717, 1.165) is 22.6 Å². The summed E-state index contributed by atoms with van der Waals surface area (Å²) in [6, 6.07) is 13.8. The Hall–Kier alpha value is -3.08. The fourth-order valence-corrected chi connectivity index (χ4v) is 2.78. The molecule has 0 saturated carbocycles. The Labute approximate surface area is 147 Å². The molecule has 3 aromatic rings. The van der Waals surface area contributed by atoms with Gasteiger partial charge in [-0.1, -0.05) is 17.7 Å². The van der Waals surface area contributed by atoms with E-state index in [4.69, 9.17) is 4.42 Å². The van der Waals surface area contributed by atoms with Crippen molar-refractivity contribution in [2.75, 3.05) is 0 Å². The van der Waals surface area contributed by atoms with Crippen LogP contribution in [0.5, 0.6) is 0 Å². The minimum absolute atomic E-state index is 0.250. The molecular weight excluding hydrogens is 314 g/mol. The fourth-order valence-electron chi connectivity index (χ4n) is 2.78. The van der Waals surface area contributed by atoms with Crippen LogP contribution in [-0.4, -0.2) is 16.7 Å². The standard InChI is InChI=1S/C20H21N3O2/c1-13-5-8-18(9-6-13)23-14(2)11-17(16(23)4)12-21-22-20(24)19-10-7-15(3)25-19/h5-12H,1-4H3,(H,22,24)/b21-12-. The Balaban J connectivity index is 1.78. The molecule has 1 aromatic carbocycles. The molecule has 0 aliphatic rings. The van der Waals surface area contributed by atoms with Gasteiger partial charge in [-0.3, -0.25) is 4.79 Å². The Bertz CT molecular complexity index is 931. The van der Waals surface area contributed by atoms with E-state index in [-0.39, 0.29) is 11.7 Å². The first kappa shape index (κ1) is 16.8. The number of aromatic nitrogens is 1. The minimum Gasteiger partial charge on any atom is -0.456 e. The number of hydrazone groups is 1. The SMILES string of the molecule is Cc1ccc(-n2c(C)cc(/C=N\NC(=O)c3ccc(C)o3)c2C)cc1. The first-order chi connectivity index (χ1) is 12.0. The molecule has 2 heterocycles. The highest BCUT2D eigenvalue weighted by molar-refractivity contribution is 5.92. The summed E-state index contributed by atoms with van der Waals surface area (Å²) in [7, 11) is 0. The van der Waals surface area contributed by atoms with Gasteiger partial charge in [-0.15, -0.1) is 0 Å². The van der Waals surface area contributed by atoms with Gasteiger partial charge in [-0.05, 0) is 58.0 Å². The number of nitrogens with zero attached hydrogens (tertiary/aromatic N) is 2. The molecule has 0 fully saturated rings. The summed E-state index contributed by atoms with van der Waals surface area (Å²) in [6.45, 7) is 7.95. The van der Waals surface area contributed by atoms with Gasteiger partial charge in [0, 0.05) is 22.6 Å². The van der Waals surface area contributed by atoms with Crippen molar-refractivity contribution in [3.05, 3.63) is 76.5 Å². The molecular formula is C20H21N3O2. The first-order valence-corrected chi connectivity index (χ1v) is 8.11. The molecule has 0 aliphatic heterocycles. The van der Waals surface area contributed by atoms with E-state index in [2.05, 4.69) is 53.2 Å². The van der Waals surface area contributed by atoms with Crippen molar-refractivity contribution in [3.63, 3.8) is 0 Å². The van der Waals surface area contributed by atoms with Crippen LogP contribution in [0.4, 0.5) is 0 Å². The maximum Gasteiger partial charge on any atom is 0.307 e. The first-order valence-electron chi connectivity index (χ1n) is 8.11. The number of aryl methyl sites for hydroxylation is 3. The molecule has 2 aromatic heterocycles. The van der Waals surface area contributed by atoms with Crippen molar-refractivity contribution in [3.8, 4) is 5.69 Å².